The summed E-state index contributed by atoms with van der Waals surface area (Å²) in [5, 5.41) is 8.63. The van der Waals surface area contributed by atoms with Crippen LogP contribution in [0.1, 0.15) is 17.5 Å². The molecular formula is C11H10N2O. The molecule has 14 heavy (non-hydrogen) atoms. The van der Waals surface area contributed by atoms with E-state index in [1.165, 1.54) is 0 Å². The molecule has 3 heteroatoms. The highest BCUT2D eigenvalue weighted by atomic mass is 16.5. The Morgan fingerprint density at radius 2 is 2.07 bits per heavy atom. The normalized spacial score (nSPS) is 15.2. The molecule has 70 valence electrons. The molecule has 0 bridgehead atoms. The summed E-state index contributed by atoms with van der Waals surface area (Å²) in [4.78, 5) is 4.27. The van der Waals surface area contributed by atoms with Crippen LogP contribution in [0.2, 0.25) is 0 Å². The van der Waals surface area contributed by atoms with Gasteiger partial charge < -0.3 is 4.74 Å². The molecule has 0 fully saturated rings. The first-order valence-electron chi connectivity index (χ1n) is 4.58. The van der Waals surface area contributed by atoms with E-state index >= 15 is 0 Å². The Bertz CT molecular complexity index is 387. The number of ether oxygens (including phenoxy) is 1. The molecule has 1 aromatic carbocycles. The van der Waals surface area contributed by atoms with Gasteiger partial charge in [0.05, 0.1) is 18.2 Å². The zero-order valence-corrected chi connectivity index (χ0v) is 7.73. The summed E-state index contributed by atoms with van der Waals surface area (Å²) < 4.78 is 5.40. The number of aliphatic imine (C=N–C) groups is 1. The van der Waals surface area contributed by atoms with Crippen LogP contribution < -0.4 is 0 Å². The number of hydrogen-bond acceptors (Lipinski definition) is 3. The zero-order chi connectivity index (χ0) is 9.80. The van der Waals surface area contributed by atoms with Gasteiger partial charge in [-0.1, -0.05) is 0 Å². The smallest absolute Gasteiger partial charge is 0.216 e. The van der Waals surface area contributed by atoms with E-state index in [4.69, 9.17) is 10.00 Å². The van der Waals surface area contributed by atoms with Gasteiger partial charge in [-0.25, -0.2) is 0 Å². The Morgan fingerprint density at radius 1 is 1.29 bits per heavy atom. The molecule has 0 saturated carbocycles. The summed E-state index contributed by atoms with van der Waals surface area (Å²) in [6.45, 7) is 1.56. The highest BCUT2D eigenvalue weighted by Gasteiger charge is 2.08. The molecule has 1 aromatic rings. The summed E-state index contributed by atoms with van der Waals surface area (Å²) in [6, 6.07) is 9.35. The average molecular weight is 186 g/mol. The van der Waals surface area contributed by atoms with Crippen molar-refractivity contribution in [2.45, 2.75) is 6.42 Å². The molecule has 0 N–H and O–H groups in total. The molecule has 0 spiro atoms. The van der Waals surface area contributed by atoms with Crippen LogP contribution in [-0.4, -0.2) is 19.0 Å². The van der Waals surface area contributed by atoms with Gasteiger partial charge in [-0.2, -0.15) is 5.26 Å². The molecule has 0 unspecified atom stereocenters. The summed E-state index contributed by atoms with van der Waals surface area (Å²) in [5.74, 6) is 0.695. The van der Waals surface area contributed by atoms with Gasteiger partial charge in [0, 0.05) is 18.5 Å². The lowest BCUT2D eigenvalue weighted by molar-refractivity contribution is 0.284. The molecule has 0 atom stereocenters. The molecule has 0 amide bonds. The number of nitriles is 1. The van der Waals surface area contributed by atoms with Gasteiger partial charge in [0.1, 0.15) is 0 Å². The number of rotatable bonds is 1. The molecular weight excluding hydrogens is 176 g/mol. The minimum atomic E-state index is 0.658. The standard InChI is InChI=1S/C11H10N2O/c12-8-9-2-4-10(5-3-9)11-13-6-1-7-14-11/h2-5H,1,6-7H2. The number of benzene rings is 1. The van der Waals surface area contributed by atoms with Gasteiger partial charge in [0.15, 0.2) is 0 Å². The van der Waals surface area contributed by atoms with Gasteiger partial charge in [-0.05, 0) is 24.3 Å². The predicted octanol–water partition coefficient (Wildman–Crippen LogP) is 1.73. The van der Waals surface area contributed by atoms with Crippen LogP contribution in [0.25, 0.3) is 0 Å². The van der Waals surface area contributed by atoms with Crippen LogP contribution in [0.3, 0.4) is 0 Å². The predicted molar refractivity (Wildman–Crippen MR) is 53.1 cm³/mol. The third-order valence-corrected chi connectivity index (χ3v) is 2.06. The van der Waals surface area contributed by atoms with Crippen molar-refractivity contribution in [3.63, 3.8) is 0 Å². The van der Waals surface area contributed by atoms with Crippen LogP contribution >= 0.6 is 0 Å². The molecule has 1 aliphatic heterocycles. The van der Waals surface area contributed by atoms with Gasteiger partial charge in [-0.15, -0.1) is 0 Å². The maximum absolute atomic E-state index is 8.63. The first kappa shape index (κ1) is 8.76. The molecule has 0 aliphatic carbocycles. The largest absolute Gasteiger partial charge is 0.477 e. The Kier molecular flexibility index (Phi) is 2.46. The van der Waals surface area contributed by atoms with Crippen molar-refractivity contribution in [2.24, 2.45) is 4.99 Å². The van der Waals surface area contributed by atoms with Crippen LogP contribution in [0.4, 0.5) is 0 Å². The fourth-order valence-electron chi connectivity index (χ4n) is 1.32. The van der Waals surface area contributed by atoms with Crippen LogP contribution in [0.15, 0.2) is 29.3 Å². The number of hydrogen-bond donors (Lipinski definition) is 0. The van der Waals surface area contributed by atoms with Crippen molar-refractivity contribution in [1.29, 1.82) is 5.26 Å². The molecule has 3 nitrogen and oxygen atoms in total. The topological polar surface area (TPSA) is 45.4 Å². The maximum Gasteiger partial charge on any atom is 0.216 e. The van der Waals surface area contributed by atoms with E-state index in [9.17, 15) is 0 Å². The van der Waals surface area contributed by atoms with E-state index in [-0.39, 0.29) is 0 Å². The minimum absolute atomic E-state index is 0.658. The van der Waals surface area contributed by atoms with Crippen molar-refractivity contribution >= 4 is 5.90 Å². The average Bonchev–Trinajstić information content (AvgIpc) is 2.30. The number of nitrogens with zero attached hydrogens (tertiary/aromatic N) is 2. The van der Waals surface area contributed by atoms with E-state index in [0.717, 1.165) is 25.1 Å². The first-order valence-corrected chi connectivity index (χ1v) is 4.58. The van der Waals surface area contributed by atoms with Gasteiger partial charge in [-0.3, -0.25) is 4.99 Å². The highest BCUT2D eigenvalue weighted by molar-refractivity contribution is 5.94. The summed E-state index contributed by atoms with van der Waals surface area (Å²) in [5.41, 5.74) is 1.61. The van der Waals surface area contributed by atoms with Crippen LogP contribution in [-0.2, 0) is 4.74 Å². The monoisotopic (exact) mass is 186 g/mol. The van der Waals surface area contributed by atoms with Crippen LogP contribution in [0, 0.1) is 11.3 Å². The van der Waals surface area contributed by atoms with Gasteiger partial charge in [0.2, 0.25) is 5.90 Å². The SMILES string of the molecule is N#Cc1ccc(C2=NCCCO2)cc1. The lowest BCUT2D eigenvalue weighted by Gasteiger charge is -2.13. The van der Waals surface area contributed by atoms with E-state index in [1.807, 2.05) is 12.1 Å². The molecule has 1 aliphatic rings. The second kappa shape index (κ2) is 3.93. The minimum Gasteiger partial charge on any atom is -0.477 e. The lowest BCUT2D eigenvalue weighted by Crippen LogP contribution is -2.14. The van der Waals surface area contributed by atoms with Gasteiger partial charge >= 0.3 is 0 Å². The van der Waals surface area contributed by atoms with Crippen LogP contribution in [0.5, 0.6) is 0 Å². The molecule has 2 rings (SSSR count). The zero-order valence-electron chi connectivity index (χ0n) is 7.73. The fourth-order valence-corrected chi connectivity index (χ4v) is 1.32. The molecule has 0 radical (unpaired) electrons. The van der Waals surface area contributed by atoms with E-state index in [1.54, 1.807) is 12.1 Å². The molecule has 0 aromatic heterocycles. The summed E-state index contributed by atoms with van der Waals surface area (Å²) in [6.07, 6.45) is 0.986. The quantitative estimate of drug-likeness (QED) is 0.670. The van der Waals surface area contributed by atoms with Crippen molar-refractivity contribution in [3.05, 3.63) is 35.4 Å². The maximum atomic E-state index is 8.63. The van der Waals surface area contributed by atoms with Crippen molar-refractivity contribution in [1.82, 2.24) is 0 Å². The fraction of sp³-hybridized carbons (Fsp3) is 0.273. The summed E-state index contributed by atoms with van der Waals surface area (Å²) >= 11 is 0. The second-order valence-corrected chi connectivity index (χ2v) is 3.08. The van der Waals surface area contributed by atoms with E-state index in [0.29, 0.717) is 11.5 Å². The van der Waals surface area contributed by atoms with E-state index < -0.39 is 0 Å². The Balaban J connectivity index is 2.25. The van der Waals surface area contributed by atoms with E-state index in [2.05, 4.69) is 11.1 Å². The third-order valence-electron chi connectivity index (χ3n) is 2.06. The Hall–Kier alpha value is -1.82. The molecule has 0 saturated heterocycles. The first-order chi connectivity index (χ1) is 6.90. The highest BCUT2D eigenvalue weighted by Crippen LogP contribution is 2.09. The molecule has 1 heterocycles. The van der Waals surface area contributed by atoms with Crippen molar-refractivity contribution < 1.29 is 4.74 Å². The summed E-state index contributed by atoms with van der Waals surface area (Å²) in [7, 11) is 0. The van der Waals surface area contributed by atoms with Crippen molar-refractivity contribution in [3.8, 4) is 6.07 Å². The lowest BCUT2D eigenvalue weighted by atomic mass is 10.1. The Labute approximate surface area is 82.7 Å². The second-order valence-electron chi connectivity index (χ2n) is 3.08. The van der Waals surface area contributed by atoms with Gasteiger partial charge in [0.25, 0.3) is 0 Å². The van der Waals surface area contributed by atoms with Crippen molar-refractivity contribution in [2.75, 3.05) is 13.2 Å². The third kappa shape index (κ3) is 1.74. The Morgan fingerprint density at radius 3 is 2.64 bits per heavy atom.